The normalized spacial score (nSPS) is 34.9. The minimum atomic E-state index is 0.145. The fraction of sp³-hybridized carbons (Fsp3) is 0.583. The molecule has 0 radical (unpaired) electrons. The van der Waals surface area contributed by atoms with Crippen LogP contribution in [0.4, 0.5) is 5.82 Å². The number of fused-ring (bicyclic) bond motifs is 1. The summed E-state index contributed by atoms with van der Waals surface area (Å²) in [6.07, 6.45) is 3.04. The van der Waals surface area contributed by atoms with Gasteiger partial charge in [0.25, 0.3) is 0 Å². The molecule has 1 saturated heterocycles. The molecular weight excluding hydrogens is 218 g/mol. The average molecular weight is 235 g/mol. The molecule has 3 rings (SSSR count). The summed E-state index contributed by atoms with van der Waals surface area (Å²) >= 11 is 0. The van der Waals surface area contributed by atoms with E-state index in [1.807, 2.05) is 12.1 Å². The maximum atomic E-state index is 6.14. The van der Waals surface area contributed by atoms with Crippen molar-refractivity contribution in [3.8, 4) is 5.75 Å². The van der Waals surface area contributed by atoms with Crippen LogP contribution in [0.3, 0.4) is 0 Å². The molecule has 4 atom stereocenters. The van der Waals surface area contributed by atoms with E-state index < -0.39 is 0 Å². The van der Waals surface area contributed by atoms with Gasteiger partial charge in [-0.25, -0.2) is 4.98 Å². The summed E-state index contributed by atoms with van der Waals surface area (Å²) in [7, 11) is 1.64. The van der Waals surface area contributed by atoms with Crippen molar-refractivity contribution in [3.05, 3.63) is 18.3 Å². The summed E-state index contributed by atoms with van der Waals surface area (Å²) in [5.41, 5.74) is 6.14. The van der Waals surface area contributed by atoms with E-state index >= 15 is 0 Å². The SMILES string of the molecule is COc1cccnc1NC1C(N)C2CCOC21. The third-order valence-electron chi connectivity index (χ3n) is 3.74. The number of nitrogens with zero attached hydrogens (tertiary/aromatic N) is 1. The van der Waals surface area contributed by atoms with Gasteiger partial charge in [-0.15, -0.1) is 0 Å². The lowest BCUT2D eigenvalue weighted by Crippen LogP contribution is -2.65. The Kier molecular flexibility index (Phi) is 2.64. The third-order valence-corrected chi connectivity index (χ3v) is 3.74. The molecule has 2 heterocycles. The van der Waals surface area contributed by atoms with Gasteiger partial charge in [-0.05, 0) is 18.6 Å². The summed E-state index contributed by atoms with van der Waals surface area (Å²) in [5.74, 6) is 1.98. The van der Waals surface area contributed by atoms with E-state index in [2.05, 4.69) is 10.3 Å². The maximum absolute atomic E-state index is 6.14. The van der Waals surface area contributed by atoms with Gasteiger partial charge in [0.05, 0.1) is 19.3 Å². The van der Waals surface area contributed by atoms with Crippen LogP contribution in [0.1, 0.15) is 6.42 Å². The van der Waals surface area contributed by atoms with Gasteiger partial charge < -0.3 is 20.5 Å². The molecule has 17 heavy (non-hydrogen) atoms. The highest BCUT2D eigenvalue weighted by atomic mass is 16.5. The lowest BCUT2D eigenvalue weighted by atomic mass is 9.72. The van der Waals surface area contributed by atoms with Crippen molar-refractivity contribution in [1.29, 1.82) is 0 Å². The number of methoxy groups -OCH3 is 1. The molecule has 0 spiro atoms. The summed E-state index contributed by atoms with van der Waals surface area (Å²) in [6, 6.07) is 4.02. The van der Waals surface area contributed by atoms with E-state index in [1.165, 1.54) is 0 Å². The van der Waals surface area contributed by atoms with Crippen LogP contribution in [-0.4, -0.2) is 36.9 Å². The Balaban J connectivity index is 1.75. The number of hydrogen-bond donors (Lipinski definition) is 2. The van der Waals surface area contributed by atoms with Gasteiger partial charge in [0, 0.05) is 24.8 Å². The van der Waals surface area contributed by atoms with Crippen molar-refractivity contribution in [2.75, 3.05) is 19.0 Å². The molecule has 4 unspecified atom stereocenters. The lowest BCUT2D eigenvalue weighted by Gasteiger charge is -2.45. The Morgan fingerprint density at radius 1 is 1.59 bits per heavy atom. The molecule has 1 aliphatic heterocycles. The van der Waals surface area contributed by atoms with Crippen molar-refractivity contribution in [2.24, 2.45) is 11.7 Å². The van der Waals surface area contributed by atoms with Crippen molar-refractivity contribution < 1.29 is 9.47 Å². The Morgan fingerprint density at radius 3 is 3.29 bits per heavy atom. The highest BCUT2D eigenvalue weighted by Gasteiger charge is 2.52. The molecule has 92 valence electrons. The first-order valence-electron chi connectivity index (χ1n) is 5.94. The van der Waals surface area contributed by atoms with E-state index in [1.54, 1.807) is 13.3 Å². The van der Waals surface area contributed by atoms with Gasteiger partial charge in [0.15, 0.2) is 11.6 Å². The van der Waals surface area contributed by atoms with Crippen molar-refractivity contribution in [3.63, 3.8) is 0 Å². The first kappa shape index (κ1) is 10.8. The molecule has 0 bridgehead atoms. The second-order valence-electron chi connectivity index (χ2n) is 4.59. The molecule has 1 saturated carbocycles. The van der Waals surface area contributed by atoms with Gasteiger partial charge >= 0.3 is 0 Å². The minimum Gasteiger partial charge on any atom is -0.493 e. The summed E-state index contributed by atoms with van der Waals surface area (Å²) in [6.45, 7) is 0.820. The number of pyridine rings is 1. The first-order valence-corrected chi connectivity index (χ1v) is 5.94. The number of nitrogens with one attached hydrogen (secondary N) is 1. The van der Waals surface area contributed by atoms with Gasteiger partial charge in [-0.3, -0.25) is 0 Å². The summed E-state index contributed by atoms with van der Waals surface area (Å²) in [4.78, 5) is 4.27. The van der Waals surface area contributed by atoms with Crippen LogP contribution in [0.15, 0.2) is 18.3 Å². The van der Waals surface area contributed by atoms with E-state index in [4.69, 9.17) is 15.2 Å². The molecule has 5 nitrogen and oxygen atoms in total. The highest BCUT2D eigenvalue weighted by Crippen LogP contribution is 2.39. The van der Waals surface area contributed by atoms with Gasteiger partial charge in [-0.2, -0.15) is 0 Å². The fourth-order valence-electron chi connectivity index (χ4n) is 2.75. The Bertz CT molecular complexity index is 412. The Labute approximate surface area is 100 Å². The van der Waals surface area contributed by atoms with Crippen LogP contribution in [0.5, 0.6) is 5.75 Å². The standard InChI is InChI=1S/C12H17N3O2/c1-16-8-3-2-5-14-12(8)15-10-9(13)7-4-6-17-11(7)10/h2-3,5,7,9-11H,4,6,13H2,1H3,(H,14,15). The molecule has 0 aromatic carbocycles. The number of aromatic nitrogens is 1. The molecular formula is C12H17N3O2. The molecule has 2 fully saturated rings. The molecule has 1 aromatic rings. The van der Waals surface area contributed by atoms with E-state index in [0.29, 0.717) is 5.92 Å². The molecule has 1 aromatic heterocycles. The van der Waals surface area contributed by atoms with Crippen LogP contribution in [0, 0.1) is 5.92 Å². The van der Waals surface area contributed by atoms with Crippen LogP contribution < -0.4 is 15.8 Å². The number of anilines is 1. The number of nitrogens with two attached hydrogens (primary N) is 1. The largest absolute Gasteiger partial charge is 0.493 e. The number of rotatable bonds is 3. The van der Waals surface area contributed by atoms with Crippen LogP contribution in [0.25, 0.3) is 0 Å². The number of ether oxygens (including phenoxy) is 2. The minimum absolute atomic E-state index is 0.145. The van der Waals surface area contributed by atoms with Crippen molar-refractivity contribution in [2.45, 2.75) is 24.6 Å². The van der Waals surface area contributed by atoms with Crippen molar-refractivity contribution in [1.82, 2.24) is 4.98 Å². The van der Waals surface area contributed by atoms with Gasteiger partial charge in [-0.1, -0.05) is 0 Å². The van der Waals surface area contributed by atoms with E-state index in [0.717, 1.165) is 24.6 Å². The molecule has 0 amide bonds. The Hall–Kier alpha value is -1.33. The van der Waals surface area contributed by atoms with Crippen LogP contribution in [-0.2, 0) is 4.74 Å². The molecule has 2 aliphatic rings. The highest BCUT2D eigenvalue weighted by molar-refractivity contribution is 5.51. The molecule has 5 heteroatoms. The fourth-order valence-corrected chi connectivity index (χ4v) is 2.75. The Morgan fingerprint density at radius 2 is 2.47 bits per heavy atom. The molecule has 1 aliphatic carbocycles. The second kappa shape index (κ2) is 4.16. The zero-order valence-electron chi connectivity index (χ0n) is 9.80. The smallest absolute Gasteiger partial charge is 0.169 e. The van der Waals surface area contributed by atoms with Crippen molar-refractivity contribution >= 4 is 5.82 Å². The first-order chi connectivity index (χ1) is 8.31. The predicted molar refractivity (Wildman–Crippen MR) is 64.0 cm³/mol. The zero-order chi connectivity index (χ0) is 11.8. The van der Waals surface area contributed by atoms with Gasteiger partial charge in [0.1, 0.15) is 0 Å². The lowest BCUT2D eigenvalue weighted by molar-refractivity contribution is 0.00517. The zero-order valence-corrected chi connectivity index (χ0v) is 9.80. The van der Waals surface area contributed by atoms with Crippen LogP contribution >= 0.6 is 0 Å². The quantitative estimate of drug-likeness (QED) is 0.803. The van der Waals surface area contributed by atoms with Crippen LogP contribution in [0.2, 0.25) is 0 Å². The monoisotopic (exact) mass is 235 g/mol. The topological polar surface area (TPSA) is 69.4 Å². The average Bonchev–Trinajstić information content (AvgIpc) is 2.81. The number of hydrogen-bond acceptors (Lipinski definition) is 5. The molecule has 3 N–H and O–H groups in total. The predicted octanol–water partition coefficient (Wildman–Crippen LogP) is 0.617. The van der Waals surface area contributed by atoms with E-state index in [9.17, 15) is 0 Å². The van der Waals surface area contributed by atoms with Gasteiger partial charge in [0.2, 0.25) is 0 Å². The summed E-state index contributed by atoms with van der Waals surface area (Å²) in [5, 5.41) is 3.33. The maximum Gasteiger partial charge on any atom is 0.169 e. The third kappa shape index (κ3) is 1.66. The van der Waals surface area contributed by atoms with E-state index in [-0.39, 0.29) is 18.2 Å². The summed E-state index contributed by atoms with van der Waals surface area (Å²) < 4.78 is 10.9. The second-order valence-corrected chi connectivity index (χ2v) is 4.59.